The van der Waals surface area contributed by atoms with Gasteiger partial charge in [-0.1, -0.05) is 36.4 Å². The Morgan fingerprint density at radius 3 is 2.54 bits per heavy atom. The Hall–Kier alpha value is -2.25. The lowest BCUT2D eigenvalue weighted by Crippen LogP contribution is -2.33. The maximum Gasteiger partial charge on any atom is 0.289 e. The van der Waals surface area contributed by atoms with Crippen LogP contribution in [0.4, 0.5) is 5.69 Å². The average molecular weight is 346 g/mol. The second-order valence-corrected chi connectivity index (χ2v) is 7.82. The maximum absolute atomic E-state index is 13.0. The first kappa shape index (κ1) is 16.6. The van der Waals surface area contributed by atoms with Crippen LogP contribution in [0.15, 0.2) is 53.4 Å². The number of para-hydroxylation sites is 1. The zero-order valence-electron chi connectivity index (χ0n) is 13.3. The molecule has 0 N–H and O–H groups in total. The molecule has 0 aliphatic heterocycles. The monoisotopic (exact) mass is 346 g/mol. The molecule has 6 nitrogen and oxygen atoms in total. The molecule has 0 spiro atoms. The summed E-state index contributed by atoms with van der Waals surface area (Å²) in [6, 6.07) is 12.9. The van der Waals surface area contributed by atoms with E-state index >= 15 is 0 Å². The first-order valence-corrected chi connectivity index (χ1v) is 9.16. The minimum absolute atomic E-state index is 0.263. The van der Waals surface area contributed by atoms with Crippen molar-refractivity contribution in [2.75, 3.05) is 7.05 Å². The Bertz CT molecular complexity index is 880. The van der Waals surface area contributed by atoms with Crippen LogP contribution in [0.5, 0.6) is 0 Å². The molecule has 0 radical (unpaired) electrons. The third-order valence-electron chi connectivity index (χ3n) is 4.50. The molecule has 7 heteroatoms. The van der Waals surface area contributed by atoms with Crippen molar-refractivity contribution in [2.45, 2.75) is 30.2 Å². The van der Waals surface area contributed by atoms with Crippen LogP contribution in [-0.4, -0.2) is 24.7 Å². The summed E-state index contributed by atoms with van der Waals surface area (Å²) in [5.74, 6) is 0. The van der Waals surface area contributed by atoms with Crippen molar-refractivity contribution >= 4 is 15.7 Å². The van der Waals surface area contributed by atoms with Gasteiger partial charge in [-0.25, -0.2) is 8.42 Å². The SMILES string of the molecule is CN(C1CCCc2ccccc21)S(=O)(=O)c1ccccc1[N+](=O)[O-]. The molecule has 126 valence electrons. The lowest BCUT2D eigenvalue weighted by Gasteiger charge is -2.32. The van der Waals surface area contributed by atoms with Crippen LogP contribution >= 0.6 is 0 Å². The molecular formula is C17H18N2O4S. The maximum atomic E-state index is 13.0. The molecule has 1 aliphatic rings. The van der Waals surface area contributed by atoms with Crippen molar-refractivity contribution in [1.82, 2.24) is 4.31 Å². The molecule has 2 aromatic rings. The molecule has 0 saturated carbocycles. The van der Waals surface area contributed by atoms with Crippen molar-refractivity contribution in [3.05, 3.63) is 69.8 Å². The summed E-state index contributed by atoms with van der Waals surface area (Å²) in [7, 11) is -2.47. The highest BCUT2D eigenvalue weighted by Gasteiger charge is 2.35. The number of hydrogen-bond acceptors (Lipinski definition) is 4. The lowest BCUT2D eigenvalue weighted by molar-refractivity contribution is -0.387. The van der Waals surface area contributed by atoms with E-state index in [-0.39, 0.29) is 10.9 Å². The number of aryl methyl sites for hydroxylation is 1. The number of rotatable bonds is 4. The topological polar surface area (TPSA) is 80.5 Å². The van der Waals surface area contributed by atoms with Gasteiger partial charge in [-0.05, 0) is 36.5 Å². The van der Waals surface area contributed by atoms with Gasteiger partial charge in [-0.3, -0.25) is 10.1 Å². The largest absolute Gasteiger partial charge is 0.289 e. The predicted molar refractivity (Wildman–Crippen MR) is 90.2 cm³/mol. The number of fused-ring (bicyclic) bond motifs is 1. The minimum atomic E-state index is -3.97. The van der Waals surface area contributed by atoms with Crippen LogP contribution in [0.2, 0.25) is 0 Å². The van der Waals surface area contributed by atoms with E-state index in [0.717, 1.165) is 24.0 Å². The van der Waals surface area contributed by atoms with Gasteiger partial charge in [0.2, 0.25) is 10.0 Å². The van der Waals surface area contributed by atoms with E-state index in [0.29, 0.717) is 6.42 Å². The van der Waals surface area contributed by atoms with Crippen LogP contribution < -0.4 is 0 Å². The van der Waals surface area contributed by atoms with E-state index in [1.807, 2.05) is 24.3 Å². The third kappa shape index (κ3) is 2.81. The van der Waals surface area contributed by atoms with Gasteiger partial charge >= 0.3 is 0 Å². The van der Waals surface area contributed by atoms with Crippen LogP contribution in [0.3, 0.4) is 0 Å². The highest BCUT2D eigenvalue weighted by Crippen LogP contribution is 2.37. The Labute approximate surface area is 140 Å². The Morgan fingerprint density at radius 2 is 1.79 bits per heavy atom. The molecule has 0 heterocycles. The zero-order valence-corrected chi connectivity index (χ0v) is 14.1. The van der Waals surface area contributed by atoms with Gasteiger partial charge in [0.25, 0.3) is 5.69 Å². The standard InChI is InChI=1S/C17H18N2O4S/c1-18(15-11-6-8-13-7-2-3-9-14(13)15)24(22,23)17-12-5-4-10-16(17)19(20)21/h2-5,7,9-10,12,15H,6,8,11H2,1H3. The second kappa shape index (κ2) is 6.33. The molecule has 0 bridgehead atoms. The van der Waals surface area contributed by atoms with Gasteiger partial charge in [0, 0.05) is 13.1 Å². The summed E-state index contributed by atoms with van der Waals surface area (Å²) in [6.07, 6.45) is 2.51. The number of nitro benzene ring substituents is 1. The van der Waals surface area contributed by atoms with Gasteiger partial charge in [-0.15, -0.1) is 0 Å². The summed E-state index contributed by atoms with van der Waals surface area (Å²) in [4.78, 5) is 10.3. The predicted octanol–water partition coefficient (Wildman–Crippen LogP) is 3.29. The lowest BCUT2D eigenvalue weighted by atomic mass is 9.88. The van der Waals surface area contributed by atoms with E-state index in [2.05, 4.69) is 0 Å². The molecule has 0 amide bonds. The molecule has 0 aromatic heterocycles. The van der Waals surface area contributed by atoms with Gasteiger partial charge in [-0.2, -0.15) is 4.31 Å². The third-order valence-corrected chi connectivity index (χ3v) is 6.41. The number of benzene rings is 2. The van der Waals surface area contributed by atoms with Gasteiger partial charge < -0.3 is 0 Å². The molecule has 1 atom stereocenters. The fourth-order valence-corrected chi connectivity index (χ4v) is 4.78. The first-order valence-electron chi connectivity index (χ1n) is 7.72. The molecule has 1 unspecified atom stereocenters. The smallest absolute Gasteiger partial charge is 0.258 e. The van der Waals surface area contributed by atoms with E-state index in [1.165, 1.54) is 35.6 Å². The van der Waals surface area contributed by atoms with Crippen LogP contribution in [0.1, 0.15) is 30.0 Å². The van der Waals surface area contributed by atoms with Crippen LogP contribution in [0.25, 0.3) is 0 Å². The van der Waals surface area contributed by atoms with Crippen molar-refractivity contribution in [1.29, 1.82) is 0 Å². The Kier molecular flexibility index (Phi) is 4.38. The zero-order chi connectivity index (χ0) is 17.3. The summed E-state index contributed by atoms with van der Waals surface area (Å²) in [6.45, 7) is 0. The van der Waals surface area contributed by atoms with Crippen molar-refractivity contribution in [3.8, 4) is 0 Å². The number of nitro groups is 1. The number of hydrogen-bond donors (Lipinski definition) is 0. The van der Waals surface area contributed by atoms with E-state index in [9.17, 15) is 18.5 Å². The number of sulfonamides is 1. The van der Waals surface area contributed by atoms with Gasteiger partial charge in [0.15, 0.2) is 4.90 Å². The molecule has 0 saturated heterocycles. The fourth-order valence-electron chi connectivity index (χ4n) is 3.25. The van der Waals surface area contributed by atoms with Crippen LogP contribution in [0, 0.1) is 10.1 Å². The highest BCUT2D eigenvalue weighted by molar-refractivity contribution is 7.89. The molecule has 3 rings (SSSR count). The molecule has 2 aromatic carbocycles. The van der Waals surface area contributed by atoms with E-state index < -0.39 is 20.6 Å². The summed E-state index contributed by atoms with van der Waals surface area (Å²) in [5.41, 5.74) is 1.72. The Balaban J connectivity index is 2.05. The average Bonchev–Trinajstić information content (AvgIpc) is 2.60. The van der Waals surface area contributed by atoms with Crippen molar-refractivity contribution in [3.63, 3.8) is 0 Å². The summed E-state index contributed by atoms with van der Waals surface area (Å²) < 4.78 is 27.2. The normalized spacial score (nSPS) is 17.5. The molecule has 1 aliphatic carbocycles. The highest BCUT2D eigenvalue weighted by atomic mass is 32.2. The quantitative estimate of drug-likeness (QED) is 0.628. The fraction of sp³-hybridized carbons (Fsp3) is 0.294. The molecule has 24 heavy (non-hydrogen) atoms. The first-order chi connectivity index (χ1) is 11.4. The Morgan fingerprint density at radius 1 is 1.12 bits per heavy atom. The summed E-state index contributed by atoms with van der Waals surface area (Å²) >= 11 is 0. The van der Waals surface area contributed by atoms with Crippen molar-refractivity contribution in [2.24, 2.45) is 0 Å². The van der Waals surface area contributed by atoms with E-state index in [1.54, 1.807) is 0 Å². The van der Waals surface area contributed by atoms with E-state index in [4.69, 9.17) is 0 Å². The molecular weight excluding hydrogens is 328 g/mol. The second-order valence-electron chi connectivity index (χ2n) is 5.85. The van der Waals surface area contributed by atoms with Gasteiger partial charge in [0.1, 0.15) is 0 Å². The van der Waals surface area contributed by atoms with Crippen LogP contribution in [-0.2, 0) is 16.4 Å². The summed E-state index contributed by atoms with van der Waals surface area (Å²) in [5, 5.41) is 11.2. The minimum Gasteiger partial charge on any atom is -0.258 e. The van der Waals surface area contributed by atoms with Crippen molar-refractivity contribution < 1.29 is 13.3 Å². The van der Waals surface area contributed by atoms with Gasteiger partial charge in [0.05, 0.1) is 11.0 Å². The number of nitrogens with zero attached hydrogens (tertiary/aromatic N) is 2. The molecule has 0 fully saturated rings.